The third-order valence-corrected chi connectivity index (χ3v) is 5.76. The predicted octanol–water partition coefficient (Wildman–Crippen LogP) is 4.01. The van der Waals surface area contributed by atoms with E-state index in [0.29, 0.717) is 6.42 Å². The number of nitrogens with one attached hydrogen (secondary N) is 1. The van der Waals surface area contributed by atoms with Gasteiger partial charge in [0.05, 0.1) is 19.3 Å². The van der Waals surface area contributed by atoms with Crippen LogP contribution in [0.1, 0.15) is 18.0 Å². The van der Waals surface area contributed by atoms with Gasteiger partial charge in [0.25, 0.3) is 0 Å². The molecule has 4 nitrogen and oxygen atoms in total. The molecule has 0 spiro atoms. The normalized spacial score (nSPS) is 16.0. The summed E-state index contributed by atoms with van der Waals surface area (Å²) in [7, 11) is 0. The van der Waals surface area contributed by atoms with E-state index in [1.165, 1.54) is 0 Å². The summed E-state index contributed by atoms with van der Waals surface area (Å²) in [6, 6.07) is 17.9. The van der Waals surface area contributed by atoms with Gasteiger partial charge in [-0.15, -0.1) is 11.8 Å². The number of thioether (sulfide) groups is 1. The molecule has 27 heavy (non-hydrogen) atoms. The summed E-state index contributed by atoms with van der Waals surface area (Å²) >= 11 is 7.58. The van der Waals surface area contributed by atoms with Crippen LogP contribution in [0.25, 0.3) is 0 Å². The van der Waals surface area contributed by atoms with E-state index in [2.05, 4.69) is 22.3 Å². The minimum absolute atomic E-state index is 0.00247. The molecule has 1 heterocycles. The monoisotopic (exact) mass is 404 g/mol. The van der Waals surface area contributed by atoms with Crippen LogP contribution in [-0.4, -0.2) is 49.4 Å². The molecule has 1 N–H and O–H groups in total. The molecule has 1 amide bonds. The Bertz CT molecular complexity index is 706. The molecule has 1 atom stereocenters. The number of ether oxygens (including phenoxy) is 1. The third-order valence-electron chi connectivity index (χ3n) is 4.49. The molecule has 3 rings (SSSR count). The highest BCUT2D eigenvalue weighted by molar-refractivity contribution is 7.99. The average molecular weight is 405 g/mol. The smallest absolute Gasteiger partial charge is 0.221 e. The molecule has 1 saturated heterocycles. The van der Waals surface area contributed by atoms with E-state index in [0.717, 1.165) is 54.1 Å². The highest BCUT2D eigenvalue weighted by Crippen LogP contribution is 2.21. The van der Waals surface area contributed by atoms with Gasteiger partial charge in [0.2, 0.25) is 5.91 Å². The lowest BCUT2D eigenvalue weighted by molar-refractivity contribution is -0.121. The van der Waals surface area contributed by atoms with Crippen molar-refractivity contribution < 1.29 is 9.53 Å². The van der Waals surface area contributed by atoms with Crippen LogP contribution in [-0.2, 0) is 9.53 Å². The number of morpholine rings is 1. The van der Waals surface area contributed by atoms with Crippen molar-refractivity contribution in [1.29, 1.82) is 0 Å². The van der Waals surface area contributed by atoms with Crippen molar-refractivity contribution in [1.82, 2.24) is 10.2 Å². The molecule has 1 aliphatic rings. The van der Waals surface area contributed by atoms with Gasteiger partial charge in [0, 0.05) is 41.7 Å². The maximum atomic E-state index is 12.5. The first-order chi connectivity index (χ1) is 13.2. The Labute approximate surface area is 170 Å². The van der Waals surface area contributed by atoms with Gasteiger partial charge in [-0.2, -0.15) is 0 Å². The topological polar surface area (TPSA) is 41.6 Å². The number of carbonyl (C=O) groups excluding carboxylic acids is 1. The van der Waals surface area contributed by atoms with Crippen molar-refractivity contribution in [3.05, 3.63) is 65.2 Å². The summed E-state index contributed by atoms with van der Waals surface area (Å²) in [5, 5.41) is 3.95. The van der Waals surface area contributed by atoms with Gasteiger partial charge < -0.3 is 10.1 Å². The van der Waals surface area contributed by atoms with E-state index >= 15 is 0 Å². The fourth-order valence-electron chi connectivity index (χ4n) is 3.02. The van der Waals surface area contributed by atoms with Gasteiger partial charge in [-0.25, -0.2) is 0 Å². The molecular weight excluding hydrogens is 380 g/mol. The zero-order valence-corrected chi connectivity index (χ0v) is 16.8. The minimum Gasteiger partial charge on any atom is -0.379 e. The first-order valence-corrected chi connectivity index (χ1v) is 10.6. The average Bonchev–Trinajstić information content (AvgIpc) is 2.70. The van der Waals surface area contributed by atoms with Crippen LogP contribution in [0.15, 0.2) is 59.5 Å². The van der Waals surface area contributed by atoms with Gasteiger partial charge in [0.15, 0.2) is 0 Å². The van der Waals surface area contributed by atoms with E-state index in [1.807, 2.05) is 42.5 Å². The Morgan fingerprint density at radius 3 is 2.52 bits per heavy atom. The van der Waals surface area contributed by atoms with E-state index in [1.54, 1.807) is 11.8 Å². The summed E-state index contributed by atoms with van der Waals surface area (Å²) in [6.45, 7) is 4.14. The van der Waals surface area contributed by atoms with Crippen molar-refractivity contribution >= 4 is 29.3 Å². The molecule has 2 aromatic rings. The molecule has 0 bridgehead atoms. The second-order valence-electron chi connectivity index (χ2n) is 6.50. The summed E-state index contributed by atoms with van der Waals surface area (Å²) in [6.07, 6.45) is 0.486. The number of nitrogens with zero attached hydrogens (tertiary/aromatic N) is 1. The largest absolute Gasteiger partial charge is 0.379 e. The molecule has 0 radical (unpaired) electrons. The number of carbonyl (C=O) groups is 1. The maximum Gasteiger partial charge on any atom is 0.221 e. The number of amides is 1. The summed E-state index contributed by atoms with van der Waals surface area (Å²) < 4.78 is 5.43. The number of halogens is 1. The molecule has 144 valence electrons. The number of hydrogen-bond donors (Lipinski definition) is 1. The first-order valence-electron chi connectivity index (χ1n) is 9.23. The second-order valence-corrected chi connectivity index (χ2v) is 8.10. The molecule has 0 aromatic heterocycles. The van der Waals surface area contributed by atoms with Gasteiger partial charge in [-0.05, 0) is 29.8 Å². The maximum absolute atomic E-state index is 12.5. The van der Waals surface area contributed by atoms with Crippen molar-refractivity contribution in [2.75, 3.05) is 38.6 Å². The van der Waals surface area contributed by atoms with Crippen molar-refractivity contribution in [3.8, 4) is 0 Å². The Morgan fingerprint density at radius 1 is 1.11 bits per heavy atom. The predicted molar refractivity (Wildman–Crippen MR) is 111 cm³/mol. The summed E-state index contributed by atoms with van der Waals surface area (Å²) in [5.74, 6) is 0.825. The zero-order valence-electron chi connectivity index (χ0n) is 15.3. The molecule has 1 aliphatic heterocycles. The Morgan fingerprint density at radius 2 is 1.81 bits per heavy atom. The highest BCUT2D eigenvalue weighted by atomic mass is 35.5. The molecule has 2 aromatic carbocycles. The highest BCUT2D eigenvalue weighted by Gasteiger charge is 2.20. The number of benzene rings is 2. The lowest BCUT2D eigenvalue weighted by Crippen LogP contribution is -2.43. The van der Waals surface area contributed by atoms with Crippen LogP contribution in [0.4, 0.5) is 0 Å². The van der Waals surface area contributed by atoms with E-state index < -0.39 is 0 Å². The van der Waals surface area contributed by atoms with Crippen LogP contribution < -0.4 is 5.32 Å². The Balaban J connectivity index is 1.52. The lowest BCUT2D eigenvalue weighted by atomic mass is 10.1. The molecule has 6 heteroatoms. The van der Waals surface area contributed by atoms with Crippen LogP contribution in [0.3, 0.4) is 0 Å². The SMILES string of the molecule is O=C(CCSc1ccc(Cl)cc1)N[C@H](CN1CCOCC1)c1ccccc1. The van der Waals surface area contributed by atoms with Crippen molar-refractivity contribution in [2.45, 2.75) is 17.4 Å². The van der Waals surface area contributed by atoms with Gasteiger partial charge >= 0.3 is 0 Å². The fourth-order valence-corrected chi connectivity index (χ4v) is 4.00. The van der Waals surface area contributed by atoms with Crippen molar-refractivity contribution in [3.63, 3.8) is 0 Å². The quantitative estimate of drug-likeness (QED) is 0.675. The first kappa shape index (κ1) is 20.2. The van der Waals surface area contributed by atoms with E-state index in [9.17, 15) is 4.79 Å². The van der Waals surface area contributed by atoms with Gasteiger partial charge in [0.1, 0.15) is 0 Å². The summed E-state index contributed by atoms with van der Waals surface area (Å²) in [5.41, 5.74) is 1.14. The van der Waals surface area contributed by atoms with E-state index in [4.69, 9.17) is 16.3 Å². The van der Waals surface area contributed by atoms with Crippen LogP contribution in [0.5, 0.6) is 0 Å². The molecule has 0 aliphatic carbocycles. The lowest BCUT2D eigenvalue weighted by Gasteiger charge is -2.31. The Hall–Kier alpha value is -1.53. The molecular formula is C21H25ClN2O2S. The Kier molecular flexibility index (Phi) is 8.02. The van der Waals surface area contributed by atoms with Gasteiger partial charge in [-0.1, -0.05) is 41.9 Å². The standard InChI is InChI=1S/C21H25ClN2O2S/c22-18-6-8-19(9-7-18)27-15-10-21(25)23-20(17-4-2-1-3-5-17)16-24-11-13-26-14-12-24/h1-9,20H,10-16H2,(H,23,25)/t20-/m1/s1. The fraction of sp³-hybridized carbons (Fsp3) is 0.381. The van der Waals surface area contributed by atoms with Gasteiger partial charge in [-0.3, -0.25) is 9.69 Å². The molecule has 0 saturated carbocycles. The number of hydrogen-bond acceptors (Lipinski definition) is 4. The van der Waals surface area contributed by atoms with Crippen LogP contribution in [0, 0.1) is 0 Å². The third kappa shape index (κ3) is 6.85. The molecule has 0 unspecified atom stereocenters. The van der Waals surface area contributed by atoms with E-state index in [-0.39, 0.29) is 11.9 Å². The zero-order chi connectivity index (χ0) is 18.9. The minimum atomic E-state index is -0.00247. The second kappa shape index (κ2) is 10.7. The van der Waals surface area contributed by atoms with Crippen LogP contribution in [0.2, 0.25) is 5.02 Å². The summed E-state index contributed by atoms with van der Waals surface area (Å²) in [4.78, 5) is 16.0. The van der Waals surface area contributed by atoms with Crippen molar-refractivity contribution in [2.24, 2.45) is 0 Å². The van der Waals surface area contributed by atoms with Crippen LogP contribution >= 0.6 is 23.4 Å². The molecule has 1 fully saturated rings. The number of rotatable bonds is 8.